The highest BCUT2D eigenvalue weighted by atomic mass is 16.3. The second kappa shape index (κ2) is 4.17. The van der Waals surface area contributed by atoms with Gasteiger partial charge in [0.1, 0.15) is 5.60 Å². The van der Waals surface area contributed by atoms with E-state index in [9.17, 15) is 15.0 Å². The lowest BCUT2D eigenvalue weighted by Gasteiger charge is -2.50. The first-order valence-corrected chi connectivity index (χ1v) is 8.00. The van der Waals surface area contributed by atoms with Crippen LogP contribution < -0.4 is 0 Å². The Bertz CT molecular complexity index is 600. The van der Waals surface area contributed by atoms with Gasteiger partial charge in [-0.25, -0.2) is 0 Å². The van der Waals surface area contributed by atoms with Gasteiger partial charge in [0, 0.05) is 5.41 Å². The molecule has 4 aliphatic carbocycles. The minimum absolute atomic E-state index is 0.0225. The minimum Gasteiger partial charge on any atom is -0.393 e. The third kappa shape index (κ3) is 1.65. The minimum atomic E-state index is -1.05. The molecule has 0 saturated heterocycles. The Morgan fingerprint density at radius 3 is 2.90 bits per heavy atom. The molecule has 3 nitrogen and oxygen atoms in total. The van der Waals surface area contributed by atoms with Crippen LogP contribution in [0.25, 0.3) is 0 Å². The highest BCUT2D eigenvalue weighted by Crippen LogP contribution is 2.59. The summed E-state index contributed by atoms with van der Waals surface area (Å²) in [5.41, 5.74) is 0.825. The fraction of sp³-hybridized carbons (Fsp3) is 0.611. The number of fused-ring (bicyclic) bond motifs is 5. The molecule has 5 atom stereocenters. The third-order valence-corrected chi connectivity index (χ3v) is 6.47. The average molecular weight is 286 g/mol. The van der Waals surface area contributed by atoms with Gasteiger partial charge in [-0.15, -0.1) is 0 Å². The monoisotopic (exact) mass is 286 g/mol. The van der Waals surface area contributed by atoms with Crippen molar-refractivity contribution in [2.45, 2.75) is 50.7 Å². The topological polar surface area (TPSA) is 57.5 Å². The van der Waals surface area contributed by atoms with E-state index in [0.29, 0.717) is 11.8 Å². The Labute approximate surface area is 125 Å². The normalized spacial score (nSPS) is 48.1. The largest absolute Gasteiger partial charge is 0.393 e. The lowest BCUT2D eigenvalue weighted by molar-refractivity contribution is -0.110. The highest BCUT2D eigenvalue weighted by molar-refractivity contribution is 6.01. The summed E-state index contributed by atoms with van der Waals surface area (Å²) in [6.45, 7) is 2.19. The Balaban J connectivity index is 1.78. The van der Waals surface area contributed by atoms with Crippen molar-refractivity contribution in [3.8, 4) is 0 Å². The van der Waals surface area contributed by atoms with Gasteiger partial charge in [-0.05, 0) is 73.3 Å². The van der Waals surface area contributed by atoms with Crippen LogP contribution >= 0.6 is 0 Å². The lowest BCUT2D eigenvalue weighted by Crippen LogP contribution is -2.48. The molecular weight excluding hydrogens is 264 g/mol. The van der Waals surface area contributed by atoms with E-state index in [4.69, 9.17) is 0 Å². The Kier molecular flexibility index (Phi) is 2.68. The second-order valence-electron chi connectivity index (χ2n) is 7.39. The number of rotatable bonds is 0. The van der Waals surface area contributed by atoms with Crippen molar-refractivity contribution in [2.75, 3.05) is 0 Å². The van der Waals surface area contributed by atoms with Gasteiger partial charge in [0.05, 0.1) is 6.10 Å². The van der Waals surface area contributed by atoms with Gasteiger partial charge in [-0.1, -0.05) is 13.0 Å². The van der Waals surface area contributed by atoms with E-state index in [1.165, 1.54) is 6.08 Å². The molecule has 0 heterocycles. The smallest absolute Gasteiger partial charge is 0.178 e. The highest BCUT2D eigenvalue weighted by Gasteiger charge is 2.55. The van der Waals surface area contributed by atoms with E-state index in [2.05, 4.69) is 13.0 Å². The van der Waals surface area contributed by atoms with Crippen LogP contribution in [0.4, 0.5) is 0 Å². The molecule has 3 heteroatoms. The molecule has 2 saturated carbocycles. The zero-order valence-corrected chi connectivity index (χ0v) is 12.4. The molecule has 0 spiro atoms. The molecule has 0 aromatic carbocycles. The Hall–Kier alpha value is -1.19. The van der Waals surface area contributed by atoms with Crippen LogP contribution in [0.2, 0.25) is 0 Å². The van der Waals surface area contributed by atoms with Crippen LogP contribution in [0.1, 0.15) is 39.0 Å². The number of hydrogen-bond donors (Lipinski definition) is 2. The molecule has 0 amide bonds. The maximum absolute atomic E-state index is 11.6. The molecule has 0 aromatic rings. The predicted molar refractivity (Wildman–Crippen MR) is 79.4 cm³/mol. The molecule has 112 valence electrons. The molecule has 0 aromatic heterocycles. The summed E-state index contributed by atoms with van der Waals surface area (Å²) >= 11 is 0. The molecule has 4 rings (SSSR count). The summed E-state index contributed by atoms with van der Waals surface area (Å²) in [5.74, 6) is 0.760. The van der Waals surface area contributed by atoms with Crippen LogP contribution in [0.3, 0.4) is 0 Å². The molecule has 4 aliphatic rings. The molecule has 21 heavy (non-hydrogen) atoms. The van der Waals surface area contributed by atoms with Crippen LogP contribution in [-0.2, 0) is 4.79 Å². The number of hydrogen-bond acceptors (Lipinski definition) is 3. The number of aliphatic hydroxyl groups excluding tert-OH is 1. The molecule has 0 bridgehead atoms. The van der Waals surface area contributed by atoms with Gasteiger partial charge >= 0.3 is 0 Å². The SMILES string of the molecule is C[C@]12CC=C3C(CCC4=CC(=O)C=CC43O)C1CCC2O. The van der Waals surface area contributed by atoms with E-state index in [-0.39, 0.29) is 17.3 Å². The summed E-state index contributed by atoms with van der Waals surface area (Å²) in [6, 6.07) is 0. The van der Waals surface area contributed by atoms with Gasteiger partial charge in [0.15, 0.2) is 5.78 Å². The van der Waals surface area contributed by atoms with Crippen molar-refractivity contribution in [1.82, 2.24) is 0 Å². The molecule has 2 fully saturated rings. The Morgan fingerprint density at radius 1 is 1.29 bits per heavy atom. The zero-order chi connectivity index (χ0) is 14.8. The standard InChI is InChI=1S/C18H22O3/c1-17-8-7-15-13(14(17)4-5-16(17)20)3-2-11-10-12(19)6-9-18(11,15)21/h6-7,9-10,13-14,16,20-21H,2-5,8H2,1H3/t13?,14?,16?,17-,18?/m0/s1. The number of aliphatic hydroxyl groups is 2. The van der Waals surface area contributed by atoms with Crippen LogP contribution in [0.5, 0.6) is 0 Å². The average Bonchev–Trinajstić information content (AvgIpc) is 2.76. The van der Waals surface area contributed by atoms with Crippen molar-refractivity contribution >= 4 is 5.78 Å². The van der Waals surface area contributed by atoms with Gasteiger partial charge in [-0.3, -0.25) is 4.79 Å². The number of carbonyl (C=O) groups is 1. The van der Waals surface area contributed by atoms with Crippen LogP contribution in [0.15, 0.2) is 35.5 Å². The maximum Gasteiger partial charge on any atom is 0.178 e. The van der Waals surface area contributed by atoms with Crippen LogP contribution in [0, 0.1) is 17.3 Å². The van der Waals surface area contributed by atoms with Crippen molar-refractivity contribution in [1.29, 1.82) is 0 Å². The van der Waals surface area contributed by atoms with E-state index in [1.54, 1.807) is 12.2 Å². The van der Waals surface area contributed by atoms with E-state index < -0.39 is 5.60 Å². The first-order chi connectivity index (χ1) is 9.95. The zero-order valence-electron chi connectivity index (χ0n) is 12.4. The Morgan fingerprint density at radius 2 is 2.10 bits per heavy atom. The number of carbonyl (C=O) groups excluding carboxylic acids is 1. The fourth-order valence-electron chi connectivity index (χ4n) is 5.18. The van der Waals surface area contributed by atoms with Crippen molar-refractivity contribution in [3.63, 3.8) is 0 Å². The fourth-order valence-corrected chi connectivity index (χ4v) is 5.18. The summed E-state index contributed by atoms with van der Waals surface area (Å²) in [6.07, 6.45) is 11.2. The number of ketones is 1. The van der Waals surface area contributed by atoms with Crippen LogP contribution in [-0.4, -0.2) is 27.7 Å². The summed E-state index contributed by atoms with van der Waals surface area (Å²) in [7, 11) is 0. The van der Waals surface area contributed by atoms with Gasteiger partial charge < -0.3 is 10.2 Å². The molecule has 2 N–H and O–H groups in total. The van der Waals surface area contributed by atoms with Gasteiger partial charge in [-0.2, -0.15) is 0 Å². The lowest BCUT2D eigenvalue weighted by atomic mass is 9.56. The summed E-state index contributed by atoms with van der Waals surface area (Å²) in [4.78, 5) is 11.6. The quantitative estimate of drug-likeness (QED) is 0.672. The number of allylic oxidation sites excluding steroid dienone is 3. The molecule has 0 aliphatic heterocycles. The van der Waals surface area contributed by atoms with Gasteiger partial charge in [0.2, 0.25) is 0 Å². The van der Waals surface area contributed by atoms with E-state index >= 15 is 0 Å². The maximum atomic E-state index is 11.6. The summed E-state index contributed by atoms with van der Waals surface area (Å²) < 4.78 is 0. The van der Waals surface area contributed by atoms with Crippen molar-refractivity contribution in [2.24, 2.45) is 17.3 Å². The third-order valence-electron chi connectivity index (χ3n) is 6.47. The first kappa shape index (κ1) is 13.5. The first-order valence-electron chi connectivity index (χ1n) is 8.00. The van der Waals surface area contributed by atoms with Gasteiger partial charge in [0.25, 0.3) is 0 Å². The van der Waals surface area contributed by atoms with Crippen molar-refractivity contribution < 1.29 is 15.0 Å². The summed E-state index contributed by atoms with van der Waals surface area (Å²) in [5, 5.41) is 21.5. The molecule has 4 unspecified atom stereocenters. The van der Waals surface area contributed by atoms with Crippen molar-refractivity contribution in [3.05, 3.63) is 35.5 Å². The second-order valence-corrected chi connectivity index (χ2v) is 7.39. The molecule has 0 radical (unpaired) electrons. The predicted octanol–water partition coefficient (Wildman–Crippen LogP) is 2.30. The van der Waals surface area contributed by atoms with E-state index in [1.807, 2.05) is 0 Å². The van der Waals surface area contributed by atoms with E-state index in [0.717, 1.165) is 43.3 Å². The molecular formula is C18H22O3.